The molecule has 2 heterocycles. The Bertz CT molecular complexity index is 988. The third kappa shape index (κ3) is 5.67. The second-order valence-electron chi connectivity index (χ2n) is 5.62. The molecule has 0 aliphatic rings. The van der Waals surface area contributed by atoms with Gasteiger partial charge in [0.15, 0.2) is 0 Å². The molecule has 0 unspecified atom stereocenters. The number of rotatable bonds is 8. The summed E-state index contributed by atoms with van der Waals surface area (Å²) in [4.78, 5) is 28.9. The summed E-state index contributed by atoms with van der Waals surface area (Å²) in [6, 6.07) is 3.48. The van der Waals surface area contributed by atoms with Crippen molar-refractivity contribution in [1.82, 2.24) is 9.71 Å². The van der Waals surface area contributed by atoms with Crippen LogP contribution in [0.25, 0.3) is 0 Å². The number of aromatic nitrogens is 1. The quantitative estimate of drug-likeness (QED) is 0.529. The average molecular weight is 445 g/mol. The Balaban J connectivity index is 2.16. The van der Waals surface area contributed by atoms with Crippen LogP contribution in [-0.2, 0) is 21.2 Å². The van der Waals surface area contributed by atoms with Gasteiger partial charge in [-0.25, -0.2) is 22.9 Å². The van der Waals surface area contributed by atoms with Crippen LogP contribution < -0.4 is 15.8 Å². The Labute approximate surface area is 171 Å². The molecule has 0 aromatic carbocycles. The third-order valence-corrected chi connectivity index (χ3v) is 7.36. The van der Waals surface area contributed by atoms with Gasteiger partial charge < -0.3 is 10.5 Å². The number of nitrogens with two attached hydrogens (primary N) is 1. The fourth-order valence-electron chi connectivity index (χ4n) is 2.19. The molecule has 0 aliphatic heterocycles. The van der Waals surface area contributed by atoms with Gasteiger partial charge in [0, 0.05) is 23.3 Å². The minimum atomic E-state index is -4.06. The van der Waals surface area contributed by atoms with Gasteiger partial charge in [0.05, 0.1) is 6.61 Å². The summed E-state index contributed by atoms with van der Waals surface area (Å²) < 4.78 is 31.9. The molecule has 2 rings (SSSR count). The maximum Gasteiger partial charge on any atom is 0.334 e. The van der Waals surface area contributed by atoms with Crippen molar-refractivity contribution < 1.29 is 22.7 Å². The second-order valence-corrected chi connectivity index (χ2v) is 9.54. The predicted octanol–water partition coefficient (Wildman–Crippen LogP) is 1.97. The number of carbonyl (C=O) groups is 2. The number of aryl methyl sites for hydroxylation is 1. The highest BCUT2D eigenvalue weighted by Crippen LogP contribution is 2.26. The first kappa shape index (κ1) is 22.1. The van der Waals surface area contributed by atoms with E-state index in [9.17, 15) is 18.0 Å². The molecular formula is C16H20N4O5S3. The zero-order chi connectivity index (χ0) is 20.9. The second kappa shape index (κ2) is 9.37. The van der Waals surface area contributed by atoms with Crippen molar-refractivity contribution in [2.45, 2.75) is 22.4 Å². The van der Waals surface area contributed by atoms with E-state index in [1.165, 1.54) is 30.0 Å². The van der Waals surface area contributed by atoms with E-state index in [2.05, 4.69) is 10.3 Å². The van der Waals surface area contributed by atoms with Gasteiger partial charge in [-0.2, -0.15) is 0 Å². The van der Waals surface area contributed by atoms with Crippen molar-refractivity contribution in [3.8, 4) is 0 Å². The fourth-order valence-corrected chi connectivity index (χ4v) is 5.13. The molecule has 2 aromatic rings. The van der Waals surface area contributed by atoms with Crippen LogP contribution in [0.4, 0.5) is 10.6 Å². The summed E-state index contributed by atoms with van der Waals surface area (Å²) in [6.45, 7) is 2.26. The zero-order valence-electron chi connectivity index (χ0n) is 15.4. The van der Waals surface area contributed by atoms with Gasteiger partial charge in [-0.05, 0) is 36.9 Å². The maximum atomic E-state index is 12.5. The Kier molecular flexibility index (Phi) is 7.41. The van der Waals surface area contributed by atoms with E-state index in [0.29, 0.717) is 17.9 Å². The molecule has 9 nitrogen and oxygen atoms in total. The molecule has 0 atom stereocenters. The molecule has 0 spiro atoms. The van der Waals surface area contributed by atoms with Crippen molar-refractivity contribution in [3.05, 3.63) is 34.3 Å². The largest absolute Gasteiger partial charge is 0.384 e. The number of primary amides is 1. The monoisotopic (exact) mass is 444 g/mol. The molecule has 0 radical (unpaired) electrons. The van der Waals surface area contributed by atoms with E-state index in [0.717, 1.165) is 21.8 Å². The predicted molar refractivity (Wildman–Crippen MR) is 109 cm³/mol. The molecule has 28 heavy (non-hydrogen) atoms. The number of thioether (sulfide) groups is 1. The van der Waals surface area contributed by atoms with Crippen molar-refractivity contribution in [2.24, 2.45) is 5.73 Å². The molecule has 4 N–H and O–H groups in total. The van der Waals surface area contributed by atoms with E-state index in [-0.39, 0.29) is 15.7 Å². The van der Waals surface area contributed by atoms with Crippen molar-refractivity contribution in [3.63, 3.8) is 0 Å². The molecule has 0 fully saturated rings. The van der Waals surface area contributed by atoms with Crippen LogP contribution in [0.2, 0.25) is 0 Å². The number of nitrogens with one attached hydrogen (secondary N) is 2. The third-order valence-electron chi connectivity index (χ3n) is 3.55. The lowest BCUT2D eigenvalue weighted by Gasteiger charge is -2.09. The molecule has 0 aliphatic carbocycles. The van der Waals surface area contributed by atoms with Gasteiger partial charge in [-0.1, -0.05) is 0 Å². The molecular weight excluding hydrogens is 424 g/mol. The lowest BCUT2D eigenvalue weighted by atomic mass is 10.2. The number of anilines is 1. The number of carbonyl (C=O) groups excluding carboxylic acids is 2. The van der Waals surface area contributed by atoms with E-state index in [1.54, 1.807) is 20.3 Å². The number of ether oxygens (including phenoxy) is 1. The van der Waals surface area contributed by atoms with Gasteiger partial charge in [0.25, 0.3) is 15.9 Å². The lowest BCUT2D eigenvalue weighted by Crippen LogP contribution is -2.34. The van der Waals surface area contributed by atoms with E-state index in [1.807, 2.05) is 4.72 Å². The number of hydrogen-bond acceptors (Lipinski definition) is 8. The first-order valence-electron chi connectivity index (χ1n) is 7.94. The molecule has 2 aromatic heterocycles. The lowest BCUT2D eigenvalue weighted by molar-refractivity contribution is 0.0995. The average Bonchev–Trinajstić information content (AvgIpc) is 3.00. The number of hydrogen-bond donors (Lipinski definition) is 3. The van der Waals surface area contributed by atoms with Crippen LogP contribution in [0.5, 0.6) is 0 Å². The van der Waals surface area contributed by atoms with Gasteiger partial charge >= 0.3 is 6.03 Å². The van der Waals surface area contributed by atoms with Gasteiger partial charge in [-0.3, -0.25) is 10.1 Å². The molecule has 152 valence electrons. The summed E-state index contributed by atoms with van der Waals surface area (Å²) in [7, 11) is -2.49. The van der Waals surface area contributed by atoms with Crippen LogP contribution in [0, 0.1) is 6.92 Å². The van der Waals surface area contributed by atoms with Crippen LogP contribution in [0.1, 0.15) is 20.9 Å². The highest BCUT2D eigenvalue weighted by Gasteiger charge is 2.22. The molecule has 0 saturated carbocycles. The van der Waals surface area contributed by atoms with Crippen molar-refractivity contribution in [1.29, 1.82) is 0 Å². The van der Waals surface area contributed by atoms with Crippen molar-refractivity contribution in [2.75, 3.05) is 25.3 Å². The Morgan fingerprint density at radius 2 is 2.04 bits per heavy atom. The van der Waals surface area contributed by atoms with E-state index < -0.39 is 22.0 Å². The first-order valence-corrected chi connectivity index (χ1v) is 11.5. The number of amides is 3. The standard InChI is InChI=1S/C16H20N4O5S3/c1-9-6-14(27-12(9)4-5-25-2)28(23,24)20-16(22)19-13-8-10(26-3)7-11(18-13)15(17)21/h6-8H,4-5H2,1-3H3,(H2,17,21)(H2,18,19,20,22). The summed E-state index contributed by atoms with van der Waals surface area (Å²) in [5.41, 5.74) is 5.99. The molecule has 0 bridgehead atoms. The zero-order valence-corrected chi connectivity index (χ0v) is 17.9. The number of nitrogens with zero attached hydrogens (tertiary/aromatic N) is 1. The number of methoxy groups -OCH3 is 1. The Morgan fingerprint density at radius 3 is 2.64 bits per heavy atom. The highest BCUT2D eigenvalue weighted by atomic mass is 32.2. The molecule has 0 saturated heterocycles. The normalized spacial score (nSPS) is 11.2. The Hall–Kier alpha value is -2.15. The number of thiophene rings is 1. The SMILES string of the molecule is COCCc1sc(S(=O)(=O)NC(=O)Nc2cc(SC)cc(C(N)=O)n2)cc1C. The summed E-state index contributed by atoms with van der Waals surface area (Å²) in [5.74, 6) is -0.749. The minimum Gasteiger partial charge on any atom is -0.384 e. The van der Waals surface area contributed by atoms with Crippen LogP contribution in [0.15, 0.2) is 27.3 Å². The number of urea groups is 1. The Morgan fingerprint density at radius 1 is 1.32 bits per heavy atom. The smallest absolute Gasteiger partial charge is 0.334 e. The number of sulfonamides is 1. The maximum absolute atomic E-state index is 12.5. The highest BCUT2D eigenvalue weighted by molar-refractivity contribution is 7.98. The summed E-state index contributed by atoms with van der Waals surface area (Å²) >= 11 is 2.39. The van der Waals surface area contributed by atoms with E-state index in [4.69, 9.17) is 10.5 Å². The van der Waals surface area contributed by atoms with Gasteiger partial charge in [-0.15, -0.1) is 23.1 Å². The fraction of sp³-hybridized carbons (Fsp3) is 0.312. The minimum absolute atomic E-state index is 0.0106. The van der Waals surface area contributed by atoms with Crippen LogP contribution in [-0.4, -0.2) is 45.3 Å². The summed E-state index contributed by atoms with van der Waals surface area (Å²) in [5, 5.41) is 2.32. The number of pyridine rings is 1. The van der Waals surface area contributed by atoms with Gasteiger partial charge in [0.2, 0.25) is 0 Å². The van der Waals surface area contributed by atoms with Crippen molar-refractivity contribution >= 4 is 50.9 Å². The molecule has 12 heteroatoms. The first-order chi connectivity index (χ1) is 13.2. The van der Waals surface area contributed by atoms with E-state index >= 15 is 0 Å². The van der Waals surface area contributed by atoms with Gasteiger partial charge in [0.1, 0.15) is 15.7 Å². The van der Waals surface area contributed by atoms with Crippen LogP contribution >= 0.6 is 23.1 Å². The topological polar surface area (TPSA) is 140 Å². The summed E-state index contributed by atoms with van der Waals surface area (Å²) in [6.07, 6.45) is 2.35. The van der Waals surface area contributed by atoms with Crippen LogP contribution in [0.3, 0.4) is 0 Å². The molecule has 3 amide bonds.